The van der Waals surface area contributed by atoms with Gasteiger partial charge in [-0.05, 0) is 0 Å². The second-order valence-electron chi connectivity index (χ2n) is 1.71. The maximum Gasteiger partial charge on any atom is 0.251 e. The fourth-order valence-corrected chi connectivity index (χ4v) is 0.512. The smallest absolute Gasteiger partial charge is 0.251 e. The van der Waals surface area contributed by atoms with Gasteiger partial charge in [-0.1, -0.05) is 0 Å². The summed E-state index contributed by atoms with van der Waals surface area (Å²) in [5, 5.41) is 0. The Labute approximate surface area is 47.2 Å². The molecule has 46 valence electrons. The van der Waals surface area contributed by atoms with E-state index in [4.69, 9.17) is 10.5 Å². The van der Waals surface area contributed by atoms with Crippen molar-refractivity contribution in [1.29, 1.82) is 0 Å². The SMILES string of the molecule is CN1C(=O)COC1N. The summed E-state index contributed by atoms with van der Waals surface area (Å²) in [5.41, 5.74) is 5.25. The van der Waals surface area contributed by atoms with Crippen molar-refractivity contribution in [2.24, 2.45) is 5.73 Å². The molecule has 1 heterocycles. The van der Waals surface area contributed by atoms with Gasteiger partial charge in [0.2, 0.25) is 0 Å². The monoisotopic (exact) mass is 116 g/mol. The van der Waals surface area contributed by atoms with Gasteiger partial charge in [0.25, 0.3) is 5.91 Å². The van der Waals surface area contributed by atoms with Crippen LogP contribution in [0.2, 0.25) is 0 Å². The number of hydrogen-bond acceptors (Lipinski definition) is 3. The summed E-state index contributed by atoms with van der Waals surface area (Å²) in [5.74, 6) is -0.0579. The first-order valence-electron chi connectivity index (χ1n) is 2.34. The van der Waals surface area contributed by atoms with Crippen LogP contribution < -0.4 is 5.73 Å². The fourth-order valence-electron chi connectivity index (χ4n) is 0.512. The van der Waals surface area contributed by atoms with Crippen LogP contribution in [0.25, 0.3) is 0 Å². The summed E-state index contributed by atoms with van der Waals surface area (Å²) in [6, 6.07) is 0. The summed E-state index contributed by atoms with van der Waals surface area (Å²) < 4.78 is 4.73. The van der Waals surface area contributed by atoms with Crippen molar-refractivity contribution in [3.63, 3.8) is 0 Å². The van der Waals surface area contributed by atoms with E-state index in [0.717, 1.165) is 0 Å². The molecular weight excluding hydrogens is 108 g/mol. The molecule has 0 aromatic heterocycles. The molecular formula is C4H8N2O2. The van der Waals surface area contributed by atoms with Crippen molar-refractivity contribution in [3.8, 4) is 0 Å². The molecule has 0 aliphatic carbocycles. The van der Waals surface area contributed by atoms with Crippen LogP contribution in [-0.2, 0) is 9.53 Å². The predicted molar refractivity (Wildman–Crippen MR) is 26.7 cm³/mol. The predicted octanol–water partition coefficient (Wildman–Crippen LogP) is -1.28. The number of carbonyl (C=O) groups excluding carboxylic acids is 1. The molecule has 1 unspecified atom stereocenters. The lowest BCUT2D eigenvalue weighted by atomic mass is 10.6. The second-order valence-corrected chi connectivity index (χ2v) is 1.71. The highest BCUT2D eigenvalue weighted by Crippen LogP contribution is 2.00. The zero-order chi connectivity index (χ0) is 6.15. The summed E-state index contributed by atoms with van der Waals surface area (Å²) >= 11 is 0. The lowest BCUT2D eigenvalue weighted by Crippen LogP contribution is -2.36. The van der Waals surface area contributed by atoms with Gasteiger partial charge in [0.1, 0.15) is 6.61 Å². The lowest BCUT2D eigenvalue weighted by Gasteiger charge is -2.11. The van der Waals surface area contributed by atoms with E-state index in [1.54, 1.807) is 7.05 Å². The first kappa shape index (κ1) is 5.53. The van der Waals surface area contributed by atoms with Crippen LogP contribution in [0, 0.1) is 0 Å². The summed E-state index contributed by atoms with van der Waals surface area (Å²) in [6.07, 6.45) is -0.525. The van der Waals surface area contributed by atoms with Gasteiger partial charge in [-0.15, -0.1) is 0 Å². The third kappa shape index (κ3) is 0.677. The Hall–Kier alpha value is -0.610. The molecule has 4 heteroatoms. The van der Waals surface area contributed by atoms with Gasteiger partial charge >= 0.3 is 0 Å². The molecule has 2 N–H and O–H groups in total. The molecule has 1 aliphatic rings. The maximum atomic E-state index is 10.5. The molecule has 0 saturated carbocycles. The number of amides is 1. The Morgan fingerprint density at radius 2 is 2.62 bits per heavy atom. The van der Waals surface area contributed by atoms with E-state index < -0.39 is 6.35 Å². The molecule has 0 aromatic rings. The highest BCUT2D eigenvalue weighted by atomic mass is 16.5. The van der Waals surface area contributed by atoms with Crippen LogP contribution in [0.1, 0.15) is 0 Å². The lowest BCUT2D eigenvalue weighted by molar-refractivity contribution is -0.126. The summed E-state index contributed by atoms with van der Waals surface area (Å²) in [7, 11) is 1.61. The number of hydrogen-bond donors (Lipinski definition) is 1. The normalized spacial score (nSPS) is 29.5. The van der Waals surface area contributed by atoms with E-state index in [9.17, 15) is 4.79 Å². The van der Waals surface area contributed by atoms with Crippen molar-refractivity contribution in [3.05, 3.63) is 0 Å². The largest absolute Gasteiger partial charge is 0.335 e. The molecule has 8 heavy (non-hydrogen) atoms. The number of ether oxygens (including phenoxy) is 1. The molecule has 1 saturated heterocycles. The van der Waals surface area contributed by atoms with E-state index in [0.29, 0.717) is 0 Å². The zero-order valence-electron chi connectivity index (χ0n) is 4.63. The molecule has 1 rings (SSSR count). The van der Waals surface area contributed by atoms with Crippen LogP contribution in [0.4, 0.5) is 0 Å². The van der Waals surface area contributed by atoms with Gasteiger partial charge in [-0.2, -0.15) is 0 Å². The van der Waals surface area contributed by atoms with Crippen molar-refractivity contribution in [2.75, 3.05) is 13.7 Å². The standard InChI is InChI=1S/C4H8N2O2/c1-6-3(7)2-8-4(6)5/h4H,2,5H2,1H3. The van der Waals surface area contributed by atoms with Gasteiger partial charge in [-0.25, -0.2) is 0 Å². The Morgan fingerprint density at radius 3 is 2.75 bits per heavy atom. The van der Waals surface area contributed by atoms with Crippen LogP contribution in [0.15, 0.2) is 0 Å². The second kappa shape index (κ2) is 1.72. The fraction of sp³-hybridized carbons (Fsp3) is 0.750. The number of carbonyl (C=O) groups is 1. The van der Waals surface area contributed by atoms with Crippen molar-refractivity contribution in [1.82, 2.24) is 4.90 Å². The van der Waals surface area contributed by atoms with Crippen LogP contribution in [0.5, 0.6) is 0 Å². The van der Waals surface area contributed by atoms with Crippen LogP contribution in [0.3, 0.4) is 0 Å². The van der Waals surface area contributed by atoms with Crippen molar-refractivity contribution >= 4 is 5.91 Å². The third-order valence-electron chi connectivity index (χ3n) is 1.15. The zero-order valence-corrected chi connectivity index (χ0v) is 4.63. The quantitative estimate of drug-likeness (QED) is 0.428. The first-order chi connectivity index (χ1) is 3.72. The molecule has 1 fully saturated rings. The number of nitrogens with zero attached hydrogens (tertiary/aromatic N) is 1. The Kier molecular flexibility index (Phi) is 1.19. The van der Waals surface area contributed by atoms with E-state index in [2.05, 4.69) is 0 Å². The molecule has 1 aliphatic heterocycles. The average Bonchev–Trinajstić information content (AvgIpc) is 1.98. The Morgan fingerprint density at radius 1 is 2.00 bits per heavy atom. The minimum absolute atomic E-state index is 0.0579. The van der Waals surface area contributed by atoms with E-state index in [1.807, 2.05) is 0 Å². The topological polar surface area (TPSA) is 55.6 Å². The molecule has 4 nitrogen and oxygen atoms in total. The summed E-state index contributed by atoms with van der Waals surface area (Å²) in [6.45, 7) is 0.123. The van der Waals surface area contributed by atoms with Gasteiger partial charge in [0.05, 0.1) is 0 Å². The Bertz CT molecular complexity index is 115. The van der Waals surface area contributed by atoms with Gasteiger partial charge in [-0.3, -0.25) is 10.5 Å². The number of rotatable bonds is 0. The molecule has 0 bridgehead atoms. The van der Waals surface area contributed by atoms with Gasteiger partial charge in [0.15, 0.2) is 6.35 Å². The summed E-state index contributed by atoms with van der Waals surface area (Å²) in [4.78, 5) is 11.9. The van der Waals surface area contributed by atoms with E-state index >= 15 is 0 Å². The van der Waals surface area contributed by atoms with Crippen LogP contribution >= 0.6 is 0 Å². The maximum absolute atomic E-state index is 10.5. The molecule has 1 atom stereocenters. The Balaban J connectivity index is 2.56. The molecule has 1 amide bonds. The van der Waals surface area contributed by atoms with Gasteiger partial charge < -0.3 is 9.64 Å². The minimum Gasteiger partial charge on any atom is -0.335 e. The van der Waals surface area contributed by atoms with E-state index in [-0.39, 0.29) is 12.5 Å². The van der Waals surface area contributed by atoms with Crippen LogP contribution in [-0.4, -0.2) is 30.8 Å². The van der Waals surface area contributed by atoms with Crippen molar-refractivity contribution in [2.45, 2.75) is 6.35 Å². The highest BCUT2D eigenvalue weighted by Gasteiger charge is 2.24. The number of likely N-dealkylation sites (N-methyl/N-ethyl adjacent to an activating group) is 1. The molecule has 0 radical (unpaired) electrons. The van der Waals surface area contributed by atoms with Crippen molar-refractivity contribution < 1.29 is 9.53 Å². The average molecular weight is 116 g/mol. The first-order valence-corrected chi connectivity index (χ1v) is 2.34. The molecule has 0 aromatic carbocycles. The minimum atomic E-state index is -0.525. The van der Waals surface area contributed by atoms with Gasteiger partial charge in [0, 0.05) is 7.05 Å². The number of nitrogens with two attached hydrogens (primary N) is 1. The highest BCUT2D eigenvalue weighted by molar-refractivity contribution is 5.78. The molecule has 0 spiro atoms. The van der Waals surface area contributed by atoms with E-state index in [1.165, 1.54) is 4.90 Å². The third-order valence-corrected chi connectivity index (χ3v) is 1.15.